The van der Waals surface area contributed by atoms with E-state index in [9.17, 15) is 4.79 Å². The highest BCUT2D eigenvalue weighted by molar-refractivity contribution is 6.02. The lowest BCUT2D eigenvalue weighted by Gasteiger charge is -2.18. The molecule has 0 aliphatic heterocycles. The third kappa shape index (κ3) is 4.30. The van der Waals surface area contributed by atoms with E-state index in [1.165, 1.54) is 0 Å². The minimum absolute atomic E-state index is 0.00430. The van der Waals surface area contributed by atoms with Crippen molar-refractivity contribution in [2.24, 2.45) is 0 Å². The summed E-state index contributed by atoms with van der Waals surface area (Å²) in [5.74, 6) is 2.12. The van der Waals surface area contributed by atoms with E-state index in [2.05, 4.69) is 20.6 Å². The Morgan fingerprint density at radius 3 is 2.35 bits per heavy atom. The zero-order valence-corrected chi connectivity index (χ0v) is 18.3. The average molecular weight is 418 g/mol. The molecule has 4 rings (SSSR count). The van der Waals surface area contributed by atoms with Crippen molar-refractivity contribution in [3.05, 3.63) is 65.9 Å². The SMILES string of the molecule is COc1ccccc1C1(C(=O)Nc2ccc(Nc3nc(C)cc(N(C)C)n3)cc2)CC1. The largest absolute Gasteiger partial charge is 0.496 e. The van der Waals surface area contributed by atoms with Crippen molar-refractivity contribution in [2.75, 3.05) is 36.7 Å². The summed E-state index contributed by atoms with van der Waals surface area (Å²) >= 11 is 0. The zero-order valence-electron chi connectivity index (χ0n) is 18.3. The van der Waals surface area contributed by atoms with Crippen LogP contribution in [0.25, 0.3) is 0 Å². The molecule has 2 aromatic carbocycles. The smallest absolute Gasteiger partial charge is 0.235 e. The number of nitrogens with zero attached hydrogens (tertiary/aromatic N) is 3. The lowest BCUT2D eigenvalue weighted by atomic mass is 9.94. The molecule has 0 saturated heterocycles. The Kier molecular flexibility index (Phi) is 5.50. The second-order valence-electron chi connectivity index (χ2n) is 8.02. The summed E-state index contributed by atoms with van der Waals surface area (Å²) in [6.45, 7) is 1.94. The van der Waals surface area contributed by atoms with Crippen molar-refractivity contribution >= 4 is 29.0 Å². The normalized spacial score (nSPS) is 13.9. The Hall–Kier alpha value is -3.61. The van der Waals surface area contributed by atoms with E-state index >= 15 is 0 Å². The molecule has 1 aliphatic carbocycles. The topological polar surface area (TPSA) is 79.4 Å². The lowest BCUT2D eigenvalue weighted by Crippen LogP contribution is -2.28. The fraction of sp³-hybridized carbons (Fsp3) is 0.292. The second kappa shape index (κ2) is 8.26. The molecule has 7 nitrogen and oxygen atoms in total. The molecular weight excluding hydrogens is 390 g/mol. The van der Waals surface area contributed by atoms with Gasteiger partial charge in [0.1, 0.15) is 11.6 Å². The van der Waals surface area contributed by atoms with Gasteiger partial charge in [-0.2, -0.15) is 4.98 Å². The molecule has 1 heterocycles. The van der Waals surface area contributed by atoms with Gasteiger partial charge in [0.2, 0.25) is 11.9 Å². The molecule has 1 fully saturated rings. The zero-order chi connectivity index (χ0) is 22.0. The Morgan fingerprint density at radius 2 is 1.71 bits per heavy atom. The van der Waals surface area contributed by atoms with E-state index < -0.39 is 5.41 Å². The molecule has 0 spiro atoms. The van der Waals surface area contributed by atoms with Crippen LogP contribution in [0.1, 0.15) is 24.1 Å². The van der Waals surface area contributed by atoms with Gasteiger partial charge in [-0.05, 0) is 50.1 Å². The molecule has 0 atom stereocenters. The molecule has 160 valence electrons. The van der Waals surface area contributed by atoms with Gasteiger partial charge < -0.3 is 20.3 Å². The van der Waals surface area contributed by atoms with Crippen LogP contribution >= 0.6 is 0 Å². The van der Waals surface area contributed by atoms with Crippen molar-refractivity contribution in [3.63, 3.8) is 0 Å². The number of rotatable bonds is 7. The predicted octanol–water partition coefficient (Wildman–Crippen LogP) is 4.27. The first-order chi connectivity index (χ1) is 14.9. The van der Waals surface area contributed by atoms with E-state index in [-0.39, 0.29) is 5.91 Å². The van der Waals surface area contributed by atoms with Crippen LogP contribution in [0.4, 0.5) is 23.1 Å². The summed E-state index contributed by atoms with van der Waals surface area (Å²) < 4.78 is 5.47. The number of anilines is 4. The Labute approximate surface area is 182 Å². The monoisotopic (exact) mass is 417 g/mol. The predicted molar refractivity (Wildman–Crippen MR) is 123 cm³/mol. The quantitative estimate of drug-likeness (QED) is 0.598. The van der Waals surface area contributed by atoms with Crippen LogP contribution in [0.3, 0.4) is 0 Å². The first-order valence-electron chi connectivity index (χ1n) is 10.3. The van der Waals surface area contributed by atoms with Gasteiger partial charge in [0, 0.05) is 42.8 Å². The second-order valence-corrected chi connectivity index (χ2v) is 8.02. The van der Waals surface area contributed by atoms with Crippen LogP contribution in [0.2, 0.25) is 0 Å². The van der Waals surface area contributed by atoms with Gasteiger partial charge in [0.05, 0.1) is 12.5 Å². The third-order valence-electron chi connectivity index (χ3n) is 5.50. The maximum absolute atomic E-state index is 13.1. The number of para-hydroxylation sites is 1. The molecule has 7 heteroatoms. The minimum Gasteiger partial charge on any atom is -0.496 e. The summed E-state index contributed by atoms with van der Waals surface area (Å²) in [7, 11) is 5.53. The van der Waals surface area contributed by atoms with Crippen LogP contribution in [-0.4, -0.2) is 37.1 Å². The number of nitrogens with one attached hydrogen (secondary N) is 2. The Bertz CT molecular complexity index is 1090. The number of aromatic nitrogens is 2. The van der Waals surface area contributed by atoms with Crippen LogP contribution in [0.5, 0.6) is 5.75 Å². The Morgan fingerprint density at radius 1 is 1.03 bits per heavy atom. The molecular formula is C24H27N5O2. The number of benzene rings is 2. The molecule has 0 unspecified atom stereocenters. The molecule has 31 heavy (non-hydrogen) atoms. The van der Waals surface area contributed by atoms with Crippen molar-refractivity contribution in [3.8, 4) is 5.75 Å². The fourth-order valence-corrected chi connectivity index (χ4v) is 3.64. The summed E-state index contributed by atoms with van der Waals surface area (Å²) in [6.07, 6.45) is 1.63. The fourth-order valence-electron chi connectivity index (χ4n) is 3.64. The minimum atomic E-state index is -0.512. The number of amides is 1. The van der Waals surface area contributed by atoms with Gasteiger partial charge in [0.25, 0.3) is 0 Å². The summed E-state index contributed by atoms with van der Waals surface area (Å²) in [6, 6.07) is 17.2. The van der Waals surface area contributed by atoms with E-state index in [0.717, 1.165) is 47.0 Å². The van der Waals surface area contributed by atoms with Crippen molar-refractivity contribution in [1.29, 1.82) is 0 Å². The molecule has 1 aromatic heterocycles. The summed E-state index contributed by atoms with van der Waals surface area (Å²) in [5.41, 5.74) is 2.91. The van der Waals surface area contributed by atoms with Crippen LogP contribution in [0.15, 0.2) is 54.6 Å². The number of methoxy groups -OCH3 is 1. The van der Waals surface area contributed by atoms with Gasteiger partial charge in [-0.15, -0.1) is 0 Å². The Balaban J connectivity index is 1.46. The molecule has 3 aromatic rings. The number of hydrogen-bond donors (Lipinski definition) is 2. The van der Waals surface area contributed by atoms with Gasteiger partial charge >= 0.3 is 0 Å². The highest BCUT2D eigenvalue weighted by Gasteiger charge is 2.52. The van der Waals surface area contributed by atoms with E-state index in [4.69, 9.17) is 4.74 Å². The van der Waals surface area contributed by atoms with Gasteiger partial charge in [0.15, 0.2) is 0 Å². The van der Waals surface area contributed by atoms with E-state index in [0.29, 0.717) is 5.95 Å². The van der Waals surface area contributed by atoms with E-state index in [1.54, 1.807) is 7.11 Å². The number of hydrogen-bond acceptors (Lipinski definition) is 6. The highest BCUT2D eigenvalue weighted by Crippen LogP contribution is 2.52. The van der Waals surface area contributed by atoms with Crippen LogP contribution in [0, 0.1) is 6.92 Å². The lowest BCUT2D eigenvalue weighted by molar-refractivity contribution is -0.118. The first-order valence-corrected chi connectivity index (χ1v) is 10.3. The molecule has 1 saturated carbocycles. The number of carbonyl (C=O) groups excluding carboxylic acids is 1. The maximum Gasteiger partial charge on any atom is 0.235 e. The molecule has 1 aliphatic rings. The average Bonchev–Trinajstić information content (AvgIpc) is 3.57. The molecule has 0 bridgehead atoms. The van der Waals surface area contributed by atoms with Crippen LogP contribution in [-0.2, 0) is 10.2 Å². The van der Waals surface area contributed by atoms with Crippen molar-refractivity contribution in [1.82, 2.24) is 9.97 Å². The van der Waals surface area contributed by atoms with Crippen LogP contribution < -0.4 is 20.3 Å². The number of carbonyl (C=O) groups is 1. The van der Waals surface area contributed by atoms with Crippen molar-refractivity contribution in [2.45, 2.75) is 25.2 Å². The van der Waals surface area contributed by atoms with Gasteiger partial charge in [-0.1, -0.05) is 18.2 Å². The first kappa shape index (κ1) is 20.7. The van der Waals surface area contributed by atoms with E-state index in [1.807, 2.05) is 80.5 Å². The molecule has 1 amide bonds. The number of ether oxygens (including phenoxy) is 1. The van der Waals surface area contributed by atoms with Gasteiger partial charge in [-0.25, -0.2) is 4.98 Å². The maximum atomic E-state index is 13.1. The number of aryl methyl sites for hydroxylation is 1. The van der Waals surface area contributed by atoms with Gasteiger partial charge in [-0.3, -0.25) is 4.79 Å². The molecule has 2 N–H and O–H groups in total. The standard InChI is InChI=1S/C24H27N5O2/c1-16-15-21(29(2)3)28-23(25-16)27-18-11-9-17(10-12-18)26-22(30)24(13-14-24)19-7-5-6-8-20(19)31-4/h5-12,15H,13-14H2,1-4H3,(H,26,30)(H,25,27,28). The summed E-state index contributed by atoms with van der Waals surface area (Å²) in [5, 5.41) is 6.28. The van der Waals surface area contributed by atoms with Crippen molar-refractivity contribution < 1.29 is 9.53 Å². The highest BCUT2D eigenvalue weighted by atomic mass is 16.5. The summed E-state index contributed by atoms with van der Waals surface area (Å²) in [4.78, 5) is 24.0. The third-order valence-corrected chi connectivity index (χ3v) is 5.50. The molecule has 0 radical (unpaired) electrons.